The number of hydrogen-bond donors (Lipinski definition) is 2. The van der Waals surface area contributed by atoms with Gasteiger partial charge in [-0.15, -0.1) is 0 Å². The normalized spacial score (nSPS) is 13.7. The van der Waals surface area contributed by atoms with Crippen LogP contribution in [0.5, 0.6) is 0 Å². The second-order valence-corrected chi connectivity index (χ2v) is 7.51. The van der Waals surface area contributed by atoms with E-state index in [0.29, 0.717) is 6.42 Å². The van der Waals surface area contributed by atoms with E-state index in [2.05, 4.69) is 21.9 Å². The fourth-order valence-electron chi connectivity index (χ4n) is 2.51. The van der Waals surface area contributed by atoms with Gasteiger partial charge in [-0.1, -0.05) is 19.1 Å². The number of nitrogens with one attached hydrogen (secondary N) is 1. The summed E-state index contributed by atoms with van der Waals surface area (Å²) in [6, 6.07) is 7.59. The predicted octanol–water partition coefficient (Wildman–Crippen LogP) is 0.865. The number of aryl methyl sites for hydroxylation is 1. The molecule has 0 aliphatic carbocycles. The Balaban J connectivity index is 2.33. The highest BCUT2D eigenvalue weighted by atomic mass is 32.2. The van der Waals surface area contributed by atoms with Crippen molar-refractivity contribution in [2.75, 3.05) is 12.0 Å². The Bertz CT molecular complexity index is 709. The Morgan fingerprint density at radius 2 is 2.10 bits per heavy atom. The minimum Gasteiger partial charge on any atom is -0.328 e. The highest BCUT2D eigenvalue weighted by Gasteiger charge is 2.18. The molecular formula is C14H22N4O2S. The fourth-order valence-corrected chi connectivity index (χ4v) is 3.45. The average molecular weight is 310 g/mol. The average Bonchev–Trinajstić information content (AvgIpc) is 2.75. The smallest absolute Gasteiger partial charge is 0.149 e. The van der Waals surface area contributed by atoms with E-state index in [-0.39, 0.29) is 11.8 Å². The summed E-state index contributed by atoms with van der Waals surface area (Å²) in [7, 11) is -3.09. The van der Waals surface area contributed by atoms with Crippen molar-refractivity contribution in [3.05, 3.63) is 30.1 Å². The lowest BCUT2D eigenvalue weighted by atomic mass is 10.2. The third-order valence-electron chi connectivity index (χ3n) is 3.35. The molecule has 0 aliphatic rings. The summed E-state index contributed by atoms with van der Waals surface area (Å²) < 4.78 is 25.0. The van der Waals surface area contributed by atoms with Crippen molar-refractivity contribution >= 4 is 20.9 Å². The van der Waals surface area contributed by atoms with E-state index >= 15 is 0 Å². The molecule has 0 radical (unpaired) electrons. The van der Waals surface area contributed by atoms with Crippen LogP contribution in [-0.4, -0.2) is 36.0 Å². The second-order valence-electron chi connectivity index (χ2n) is 5.33. The van der Waals surface area contributed by atoms with Crippen LogP contribution in [0.25, 0.3) is 11.0 Å². The molecular weight excluding hydrogens is 288 g/mol. The number of benzene rings is 1. The lowest BCUT2D eigenvalue weighted by molar-refractivity contribution is 0.523. The van der Waals surface area contributed by atoms with Crippen LogP contribution in [0.2, 0.25) is 0 Å². The lowest BCUT2D eigenvalue weighted by Gasteiger charge is -2.15. The van der Waals surface area contributed by atoms with Gasteiger partial charge in [-0.25, -0.2) is 13.4 Å². The van der Waals surface area contributed by atoms with Crippen LogP contribution >= 0.6 is 0 Å². The van der Waals surface area contributed by atoms with E-state index in [1.165, 1.54) is 6.26 Å². The molecule has 0 spiro atoms. The lowest BCUT2D eigenvalue weighted by Crippen LogP contribution is -2.42. The largest absolute Gasteiger partial charge is 0.328 e. The maximum Gasteiger partial charge on any atom is 0.149 e. The number of fused-ring (bicyclic) bond motifs is 1. The van der Waals surface area contributed by atoms with E-state index in [1.54, 1.807) is 0 Å². The van der Waals surface area contributed by atoms with E-state index in [9.17, 15) is 8.42 Å². The Kier molecular flexibility index (Phi) is 4.97. The number of nitrogens with zero attached hydrogens (tertiary/aromatic N) is 2. The van der Waals surface area contributed by atoms with Gasteiger partial charge in [0.1, 0.15) is 15.7 Å². The van der Waals surface area contributed by atoms with Gasteiger partial charge in [-0.3, -0.25) is 11.3 Å². The van der Waals surface area contributed by atoms with Crippen molar-refractivity contribution in [2.24, 2.45) is 5.84 Å². The van der Waals surface area contributed by atoms with Gasteiger partial charge in [0.2, 0.25) is 0 Å². The first-order valence-electron chi connectivity index (χ1n) is 7.02. The molecule has 1 aromatic heterocycles. The maximum atomic E-state index is 11.5. The third kappa shape index (κ3) is 4.03. The number of aromatic nitrogens is 2. The summed E-state index contributed by atoms with van der Waals surface area (Å²) in [5.74, 6) is 6.36. The van der Waals surface area contributed by atoms with Crippen LogP contribution in [0.15, 0.2) is 24.3 Å². The SMILES string of the molecule is CCCn1c(CC(CS(C)(=O)=O)NN)nc2ccccc21. The van der Waals surface area contributed by atoms with Gasteiger partial charge >= 0.3 is 0 Å². The molecule has 2 aromatic rings. The molecule has 0 saturated heterocycles. The molecule has 116 valence electrons. The van der Waals surface area contributed by atoms with Crippen LogP contribution in [0.1, 0.15) is 19.2 Å². The Morgan fingerprint density at radius 3 is 2.71 bits per heavy atom. The number of nitrogens with two attached hydrogens (primary N) is 1. The molecule has 1 heterocycles. The Morgan fingerprint density at radius 1 is 1.38 bits per heavy atom. The number of hydrogen-bond acceptors (Lipinski definition) is 5. The zero-order chi connectivity index (χ0) is 15.5. The summed E-state index contributed by atoms with van der Waals surface area (Å²) >= 11 is 0. The summed E-state index contributed by atoms with van der Waals surface area (Å²) in [5.41, 5.74) is 4.59. The highest BCUT2D eigenvalue weighted by molar-refractivity contribution is 7.90. The van der Waals surface area contributed by atoms with Crippen LogP contribution in [0.3, 0.4) is 0 Å². The van der Waals surface area contributed by atoms with Crippen molar-refractivity contribution in [1.82, 2.24) is 15.0 Å². The van der Waals surface area contributed by atoms with Gasteiger partial charge in [-0.05, 0) is 18.6 Å². The number of hydrazine groups is 1. The van der Waals surface area contributed by atoms with E-state index in [0.717, 1.165) is 29.8 Å². The summed E-state index contributed by atoms with van der Waals surface area (Å²) in [4.78, 5) is 4.62. The number of imidazole rings is 1. The standard InChI is InChI=1S/C14H22N4O2S/c1-3-8-18-13-7-5-4-6-12(13)16-14(18)9-11(17-15)10-21(2,19)20/h4-7,11,17H,3,8-10,15H2,1-2H3. The minimum atomic E-state index is -3.09. The van der Waals surface area contributed by atoms with Crippen molar-refractivity contribution in [1.29, 1.82) is 0 Å². The van der Waals surface area contributed by atoms with E-state index in [1.807, 2.05) is 24.3 Å². The van der Waals surface area contributed by atoms with Crippen LogP contribution in [0, 0.1) is 0 Å². The molecule has 0 saturated carbocycles. The molecule has 21 heavy (non-hydrogen) atoms. The summed E-state index contributed by atoms with van der Waals surface area (Å²) in [6.45, 7) is 2.96. The third-order valence-corrected chi connectivity index (χ3v) is 4.36. The molecule has 1 unspecified atom stereocenters. The summed E-state index contributed by atoms with van der Waals surface area (Å²) in [6.07, 6.45) is 2.69. The minimum absolute atomic E-state index is 0.00116. The maximum absolute atomic E-state index is 11.5. The van der Waals surface area contributed by atoms with Crippen molar-refractivity contribution in [3.8, 4) is 0 Å². The van der Waals surface area contributed by atoms with Crippen molar-refractivity contribution in [2.45, 2.75) is 32.4 Å². The summed E-state index contributed by atoms with van der Waals surface area (Å²) in [5, 5.41) is 0. The van der Waals surface area contributed by atoms with E-state index < -0.39 is 9.84 Å². The van der Waals surface area contributed by atoms with Crippen molar-refractivity contribution < 1.29 is 8.42 Å². The second kappa shape index (κ2) is 6.55. The highest BCUT2D eigenvalue weighted by Crippen LogP contribution is 2.18. The molecule has 0 amide bonds. The zero-order valence-electron chi connectivity index (χ0n) is 12.4. The first-order valence-corrected chi connectivity index (χ1v) is 9.08. The molecule has 1 aromatic carbocycles. The zero-order valence-corrected chi connectivity index (χ0v) is 13.2. The molecule has 1 atom stereocenters. The molecule has 6 nitrogen and oxygen atoms in total. The Labute approximate surface area is 125 Å². The van der Waals surface area contributed by atoms with Gasteiger partial charge in [0.15, 0.2) is 0 Å². The van der Waals surface area contributed by atoms with Crippen LogP contribution in [-0.2, 0) is 22.8 Å². The van der Waals surface area contributed by atoms with Gasteiger partial charge in [-0.2, -0.15) is 0 Å². The molecule has 2 rings (SSSR count). The monoisotopic (exact) mass is 310 g/mol. The molecule has 0 bridgehead atoms. The predicted molar refractivity (Wildman–Crippen MR) is 84.5 cm³/mol. The van der Waals surface area contributed by atoms with E-state index in [4.69, 9.17) is 5.84 Å². The number of rotatable bonds is 7. The van der Waals surface area contributed by atoms with Crippen molar-refractivity contribution in [3.63, 3.8) is 0 Å². The number of sulfone groups is 1. The first kappa shape index (κ1) is 15.9. The topological polar surface area (TPSA) is 90.0 Å². The van der Waals surface area contributed by atoms with Gasteiger partial charge in [0.25, 0.3) is 0 Å². The molecule has 7 heteroatoms. The molecule has 0 aliphatic heterocycles. The van der Waals surface area contributed by atoms with Crippen LogP contribution in [0.4, 0.5) is 0 Å². The molecule has 0 fully saturated rings. The first-order chi connectivity index (χ1) is 9.94. The van der Waals surface area contributed by atoms with Gasteiger partial charge in [0.05, 0.1) is 16.8 Å². The van der Waals surface area contributed by atoms with Gasteiger partial charge in [0, 0.05) is 25.3 Å². The van der Waals surface area contributed by atoms with Gasteiger partial charge < -0.3 is 4.57 Å². The molecule has 3 N–H and O–H groups in total. The number of para-hydroxylation sites is 2. The Hall–Kier alpha value is -1.44. The quantitative estimate of drug-likeness (QED) is 0.585. The fraction of sp³-hybridized carbons (Fsp3) is 0.500. The van der Waals surface area contributed by atoms with Crippen LogP contribution < -0.4 is 11.3 Å².